The topological polar surface area (TPSA) is 76.4 Å². The van der Waals surface area contributed by atoms with Gasteiger partial charge < -0.3 is 5.32 Å². The number of nitrogens with one attached hydrogen (secondary N) is 1. The zero-order valence-electron chi connectivity index (χ0n) is 14.8. The Kier molecular flexibility index (Phi) is 4.70. The second-order valence-corrected chi connectivity index (χ2v) is 7.09. The molecule has 0 unspecified atom stereocenters. The smallest absolute Gasteiger partial charge is 0.217 e. The van der Waals surface area contributed by atoms with Crippen molar-refractivity contribution in [1.29, 1.82) is 0 Å². The third-order valence-electron chi connectivity index (χ3n) is 4.26. The van der Waals surface area contributed by atoms with E-state index in [1.807, 2.05) is 11.4 Å². The summed E-state index contributed by atoms with van der Waals surface area (Å²) in [4.78, 5) is 28.8. The van der Waals surface area contributed by atoms with Gasteiger partial charge in [-0.2, -0.15) is 5.10 Å². The summed E-state index contributed by atoms with van der Waals surface area (Å²) >= 11 is 1.36. The first-order chi connectivity index (χ1) is 13.5. The van der Waals surface area contributed by atoms with Crippen molar-refractivity contribution in [2.24, 2.45) is 0 Å². The first kappa shape index (κ1) is 18.0. The van der Waals surface area contributed by atoms with Gasteiger partial charge in [0.05, 0.1) is 22.3 Å². The normalized spacial score (nSPS) is 10.9. The molecule has 0 bridgehead atoms. The summed E-state index contributed by atoms with van der Waals surface area (Å²) < 4.78 is 15.7. The van der Waals surface area contributed by atoms with Gasteiger partial charge in [0, 0.05) is 30.8 Å². The molecule has 1 aromatic carbocycles. The lowest BCUT2D eigenvalue weighted by molar-refractivity contribution is -0.119. The lowest BCUT2D eigenvalue weighted by Gasteiger charge is -2.09. The van der Waals surface area contributed by atoms with Crippen LogP contribution in [0.2, 0.25) is 0 Å². The Morgan fingerprint density at radius 2 is 2.11 bits per heavy atom. The molecule has 4 rings (SSSR count). The fraction of sp³-hybridized carbons (Fsp3) is 0.100. The minimum Gasteiger partial charge on any atom is -0.352 e. The number of hydrogen-bond donors (Lipinski definition) is 1. The van der Waals surface area contributed by atoms with Gasteiger partial charge in [-0.25, -0.2) is 13.9 Å². The summed E-state index contributed by atoms with van der Waals surface area (Å²) in [6.45, 7) is 1.47. The molecule has 140 valence electrons. The molecule has 1 amide bonds. The van der Waals surface area contributed by atoms with Gasteiger partial charge in [0.15, 0.2) is 5.65 Å². The molecule has 8 heteroatoms. The van der Waals surface area contributed by atoms with Gasteiger partial charge in [0.25, 0.3) is 0 Å². The van der Waals surface area contributed by atoms with Crippen LogP contribution in [0.5, 0.6) is 0 Å². The van der Waals surface area contributed by atoms with E-state index in [4.69, 9.17) is 0 Å². The molecule has 0 saturated heterocycles. The maximum atomic E-state index is 14.1. The van der Waals surface area contributed by atoms with E-state index >= 15 is 0 Å². The SMILES string of the molecule is CC(=O)NCc1cc(-c2ccnc3c(C(=O)c4cccs4)cnn23)ccc1F. The Labute approximate surface area is 163 Å². The molecule has 4 aromatic rings. The molecule has 28 heavy (non-hydrogen) atoms. The number of halogens is 1. The van der Waals surface area contributed by atoms with Crippen molar-refractivity contribution in [3.8, 4) is 11.3 Å². The van der Waals surface area contributed by atoms with E-state index in [-0.39, 0.29) is 18.2 Å². The average molecular weight is 394 g/mol. The Balaban J connectivity index is 1.77. The molecule has 1 N–H and O–H groups in total. The van der Waals surface area contributed by atoms with Crippen LogP contribution >= 0.6 is 11.3 Å². The van der Waals surface area contributed by atoms with Crippen LogP contribution in [0.3, 0.4) is 0 Å². The van der Waals surface area contributed by atoms with E-state index in [1.54, 1.807) is 35.0 Å². The van der Waals surface area contributed by atoms with Crippen LogP contribution in [0, 0.1) is 5.82 Å². The fourth-order valence-electron chi connectivity index (χ4n) is 2.90. The Hall–Kier alpha value is -3.39. The number of rotatable bonds is 5. The van der Waals surface area contributed by atoms with Crippen LogP contribution in [-0.2, 0) is 11.3 Å². The molecule has 0 saturated carbocycles. The largest absolute Gasteiger partial charge is 0.352 e. The highest BCUT2D eigenvalue weighted by Crippen LogP contribution is 2.25. The number of hydrogen-bond acceptors (Lipinski definition) is 5. The number of amides is 1. The van der Waals surface area contributed by atoms with Gasteiger partial charge in [-0.1, -0.05) is 6.07 Å². The zero-order valence-corrected chi connectivity index (χ0v) is 15.7. The van der Waals surface area contributed by atoms with E-state index in [2.05, 4.69) is 15.4 Å². The molecule has 0 spiro atoms. The third-order valence-corrected chi connectivity index (χ3v) is 5.13. The highest BCUT2D eigenvalue weighted by Gasteiger charge is 2.18. The van der Waals surface area contributed by atoms with Gasteiger partial charge in [-0.3, -0.25) is 9.59 Å². The number of fused-ring (bicyclic) bond motifs is 1. The number of ketones is 1. The van der Waals surface area contributed by atoms with Crippen LogP contribution in [0.25, 0.3) is 16.9 Å². The predicted molar refractivity (Wildman–Crippen MR) is 104 cm³/mol. The van der Waals surface area contributed by atoms with Crippen LogP contribution in [0.4, 0.5) is 4.39 Å². The van der Waals surface area contributed by atoms with Gasteiger partial charge in [0.2, 0.25) is 11.7 Å². The molecule has 0 atom stereocenters. The van der Waals surface area contributed by atoms with Crippen molar-refractivity contribution in [3.05, 3.63) is 76.0 Å². The van der Waals surface area contributed by atoms with Crippen molar-refractivity contribution in [2.45, 2.75) is 13.5 Å². The Morgan fingerprint density at radius 1 is 1.25 bits per heavy atom. The highest BCUT2D eigenvalue weighted by molar-refractivity contribution is 7.12. The van der Waals surface area contributed by atoms with Crippen LogP contribution < -0.4 is 5.32 Å². The quantitative estimate of drug-likeness (QED) is 0.526. The van der Waals surface area contributed by atoms with Crippen molar-refractivity contribution in [3.63, 3.8) is 0 Å². The molecular formula is C20H15FN4O2S. The van der Waals surface area contributed by atoms with Crippen LogP contribution in [-0.4, -0.2) is 26.3 Å². The van der Waals surface area contributed by atoms with Crippen molar-refractivity contribution in [2.75, 3.05) is 0 Å². The van der Waals surface area contributed by atoms with Gasteiger partial charge >= 0.3 is 0 Å². The number of nitrogens with zero attached hydrogens (tertiary/aromatic N) is 3. The van der Waals surface area contributed by atoms with Gasteiger partial charge in [-0.15, -0.1) is 11.3 Å². The lowest BCUT2D eigenvalue weighted by Crippen LogP contribution is -2.19. The first-order valence-electron chi connectivity index (χ1n) is 8.49. The number of aromatic nitrogens is 3. The molecule has 3 heterocycles. The molecule has 0 aliphatic carbocycles. The summed E-state index contributed by atoms with van der Waals surface area (Å²) in [5.74, 6) is -0.781. The molecule has 0 radical (unpaired) electrons. The summed E-state index contributed by atoms with van der Waals surface area (Å²) in [5, 5.41) is 8.76. The van der Waals surface area contributed by atoms with Gasteiger partial charge in [0.1, 0.15) is 5.82 Å². The lowest BCUT2D eigenvalue weighted by atomic mass is 10.1. The van der Waals surface area contributed by atoms with Crippen molar-refractivity contribution >= 4 is 28.7 Å². The Morgan fingerprint density at radius 3 is 2.86 bits per heavy atom. The number of thiophene rings is 1. The summed E-state index contributed by atoms with van der Waals surface area (Å²) in [7, 11) is 0. The average Bonchev–Trinajstić information content (AvgIpc) is 3.36. The van der Waals surface area contributed by atoms with Crippen molar-refractivity contribution < 1.29 is 14.0 Å². The second kappa shape index (κ2) is 7.32. The molecular weight excluding hydrogens is 379 g/mol. The number of carbonyl (C=O) groups excluding carboxylic acids is 2. The first-order valence-corrected chi connectivity index (χ1v) is 9.37. The molecule has 0 aliphatic rings. The predicted octanol–water partition coefficient (Wildman–Crippen LogP) is 3.46. The van der Waals surface area contributed by atoms with Crippen LogP contribution in [0.15, 0.2) is 54.2 Å². The highest BCUT2D eigenvalue weighted by atomic mass is 32.1. The number of carbonyl (C=O) groups is 2. The maximum Gasteiger partial charge on any atom is 0.217 e. The zero-order chi connectivity index (χ0) is 19.7. The summed E-state index contributed by atoms with van der Waals surface area (Å²) in [6, 6.07) is 9.95. The summed E-state index contributed by atoms with van der Waals surface area (Å²) in [6.07, 6.45) is 3.09. The summed E-state index contributed by atoms with van der Waals surface area (Å²) in [5.41, 5.74) is 2.57. The molecule has 0 fully saturated rings. The van der Waals surface area contributed by atoms with E-state index in [9.17, 15) is 14.0 Å². The monoisotopic (exact) mass is 394 g/mol. The van der Waals surface area contributed by atoms with E-state index < -0.39 is 5.82 Å². The maximum absolute atomic E-state index is 14.1. The van der Waals surface area contributed by atoms with Crippen LogP contribution in [0.1, 0.15) is 27.7 Å². The fourth-order valence-corrected chi connectivity index (χ4v) is 3.58. The minimum atomic E-state index is -0.406. The number of benzene rings is 1. The van der Waals surface area contributed by atoms with E-state index in [1.165, 1.54) is 30.5 Å². The molecule has 6 nitrogen and oxygen atoms in total. The standard InChI is InChI=1S/C20H15FN4O2S/c1-12(26)23-10-14-9-13(4-5-16(14)21)17-6-7-22-20-15(11-24-25(17)20)19(27)18-3-2-8-28-18/h2-9,11H,10H2,1H3,(H,23,26). The molecule has 3 aromatic heterocycles. The molecule has 0 aliphatic heterocycles. The Bertz CT molecular complexity index is 1180. The third kappa shape index (κ3) is 3.29. The van der Waals surface area contributed by atoms with E-state index in [0.717, 1.165) is 0 Å². The van der Waals surface area contributed by atoms with Crippen molar-refractivity contribution in [1.82, 2.24) is 19.9 Å². The minimum absolute atomic E-state index is 0.0878. The second-order valence-electron chi connectivity index (χ2n) is 6.15. The van der Waals surface area contributed by atoms with E-state index in [0.29, 0.717) is 32.9 Å². The van der Waals surface area contributed by atoms with Gasteiger partial charge in [-0.05, 0) is 35.7 Å².